The average molecular weight is 416 g/mol. The number of likely N-dealkylation sites (tertiary alicyclic amines) is 2. The highest BCUT2D eigenvalue weighted by atomic mass is 16.5. The number of piperidine rings is 1. The summed E-state index contributed by atoms with van der Waals surface area (Å²) >= 11 is 0. The van der Waals surface area contributed by atoms with Crippen molar-refractivity contribution in [2.75, 3.05) is 32.8 Å². The predicted molar refractivity (Wildman–Crippen MR) is 114 cm³/mol. The molecule has 2 atom stereocenters. The van der Waals surface area contributed by atoms with Gasteiger partial charge in [0.25, 0.3) is 5.91 Å². The number of carbonyl (C=O) groups excluding carboxylic acids is 3. The molecular formula is C23H33N3O4. The number of nitrogens with one attached hydrogen (secondary N) is 1. The second-order valence-corrected chi connectivity index (χ2v) is 8.08. The van der Waals surface area contributed by atoms with Crippen LogP contribution in [-0.4, -0.2) is 66.3 Å². The van der Waals surface area contributed by atoms with Crippen LogP contribution in [0.25, 0.3) is 0 Å². The summed E-state index contributed by atoms with van der Waals surface area (Å²) in [6.07, 6.45) is 3.81. The molecule has 2 saturated heterocycles. The molecule has 0 radical (unpaired) electrons. The molecule has 0 aliphatic carbocycles. The van der Waals surface area contributed by atoms with Crippen LogP contribution in [0.4, 0.5) is 0 Å². The Bertz CT molecular complexity index is 767. The van der Waals surface area contributed by atoms with E-state index in [2.05, 4.69) is 5.32 Å². The lowest BCUT2D eigenvalue weighted by Gasteiger charge is -2.35. The van der Waals surface area contributed by atoms with Crippen LogP contribution in [-0.2, 0) is 9.59 Å². The maximum atomic E-state index is 13.2. The Kier molecular flexibility index (Phi) is 7.71. The van der Waals surface area contributed by atoms with E-state index in [-0.39, 0.29) is 29.7 Å². The van der Waals surface area contributed by atoms with Crippen LogP contribution < -0.4 is 10.1 Å². The van der Waals surface area contributed by atoms with E-state index in [0.29, 0.717) is 56.9 Å². The largest absolute Gasteiger partial charge is 0.494 e. The zero-order valence-corrected chi connectivity index (χ0v) is 18.1. The van der Waals surface area contributed by atoms with E-state index in [1.807, 2.05) is 30.9 Å². The quantitative estimate of drug-likeness (QED) is 0.774. The summed E-state index contributed by atoms with van der Waals surface area (Å²) in [5.74, 6) is 0.642. The van der Waals surface area contributed by atoms with Gasteiger partial charge in [-0.25, -0.2) is 0 Å². The first-order chi connectivity index (χ1) is 14.5. The maximum absolute atomic E-state index is 13.2. The normalized spacial score (nSPS) is 22.4. The molecule has 2 fully saturated rings. The van der Waals surface area contributed by atoms with Crippen molar-refractivity contribution >= 4 is 17.7 Å². The molecular weight excluding hydrogens is 382 g/mol. The highest BCUT2D eigenvalue weighted by molar-refractivity contribution is 5.94. The second kappa shape index (κ2) is 10.5. The second-order valence-electron chi connectivity index (χ2n) is 8.08. The van der Waals surface area contributed by atoms with Crippen LogP contribution in [0.3, 0.4) is 0 Å². The van der Waals surface area contributed by atoms with E-state index in [0.717, 1.165) is 19.3 Å². The van der Waals surface area contributed by atoms with Gasteiger partial charge in [0.2, 0.25) is 11.8 Å². The molecule has 2 heterocycles. The molecule has 0 aromatic heterocycles. The predicted octanol–water partition coefficient (Wildman–Crippen LogP) is 2.45. The van der Waals surface area contributed by atoms with Gasteiger partial charge >= 0.3 is 0 Å². The number of hydrogen-bond donors (Lipinski definition) is 1. The van der Waals surface area contributed by atoms with Gasteiger partial charge in [-0.15, -0.1) is 0 Å². The Balaban J connectivity index is 1.62. The third-order valence-electron chi connectivity index (χ3n) is 5.96. The minimum Gasteiger partial charge on any atom is -0.494 e. The van der Waals surface area contributed by atoms with Crippen molar-refractivity contribution < 1.29 is 19.1 Å². The Hall–Kier alpha value is -2.57. The van der Waals surface area contributed by atoms with Gasteiger partial charge in [0.15, 0.2) is 0 Å². The lowest BCUT2D eigenvalue weighted by atomic mass is 9.95. The number of hydrogen-bond acceptors (Lipinski definition) is 4. The lowest BCUT2D eigenvalue weighted by molar-refractivity contribution is -0.143. The third-order valence-corrected chi connectivity index (χ3v) is 5.96. The monoisotopic (exact) mass is 415 g/mol. The number of benzene rings is 1. The highest BCUT2D eigenvalue weighted by Crippen LogP contribution is 2.22. The fourth-order valence-corrected chi connectivity index (χ4v) is 4.30. The summed E-state index contributed by atoms with van der Waals surface area (Å²) in [4.78, 5) is 41.5. The van der Waals surface area contributed by atoms with Crippen LogP contribution >= 0.6 is 0 Å². The van der Waals surface area contributed by atoms with Gasteiger partial charge in [0.05, 0.1) is 12.5 Å². The number of carbonyl (C=O) groups is 3. The van der Waals surface area contributed by atoms with Crippen LogP contribution in [0.2, 0.25) is 0 Å². The molecule has 30 heavy (non-hydrogen) atoms. The fourth-order valence-electron chi connectivity index (χ4n) is 4.30. The van der Waals surface area contributed by atoms with Crippen molar-refractivity contribution in [3.8, 4) is 5.75 Å². The van der Waals surface area contributed by atoms with Crippen molar-refractivity contribution in [1.82, 2.24) is 15.1 Å². The molecule has 3 amide bonds. The maximum Gasteiger partial charge on any atom is 0.251 e. The number of ether oxygens (including phenoxy) is 1. The minimum atomic E-state index is -0.142. The molecule has 7 heteroatoms. The van der Waals surface area contributed by atoms with E-state index >= 15 is 0 Å². The molecule has 7 nitrogen and oxygen atoms in total. The van der Waals surface area contributed by atoms with Crippen molar-refractivity contribution in [2.24, 2.45) is 5.92 Å². The topological polar surface area (TPSA) is 79.0 Å². The summed E-state index contributed by atoms with van der Waals surface area (Å²) in [5.41, 5.74) is 0.562. The van der Waals surface area contributed by atoms with Crippen LogP contribution in [0, 0.1) is 5.92 Å². The smallest absolute Gasteiger partial charge is 0.251 e. The Morgan fingerprint density at radius 2 is 2.00 bits per heavy atom. The Morgan fingerprint density at radius 3 is 2.77 bits per heavy atom. The zero-order chi connectivity index (χ0) is 21.5. The molecule has 1 aromatic rings. The molecule has 3 rings (SSSR count). The van der Waals surface area contributed by atoms with E-state index < -0.39 is 0 Å². The summed E-state index contributed by atoms with van der Waals surface area (Å²) in [6, 6.07) is 7.09. The molecule has 1 aromatic carbocycles. The first kappa shape index (κ1) is 22.1. The average Bonchev–Trinajstić information content (AvgIpc) is 2.99. The Labute approximate surface area is 178 Å². The standard InChI is InChI=1S/C23H33N3O4/c1-3-25-15-18(11-12-21(25)27)23(29)26-13-6-5-9-19(16-26)24-22(28)17-8-7-10-20(14-17)30-4-2/h7-8,10,14,18-19H,3-6,9,11-13,15-16H2,1-2H3,(H,24,28). The molecule has 2 aliphatic heterocycles. The van der Waals surface area contributed by atoms with Gasteiger partial charge in [-0.05, 0) is 57.7 Å². The van der Waals surface area contributed by atoms with Gasteiger partial charge < -0.3 is 19.9 Å². The van der Waals surface area contributed by atoms with Gasteiger partial charge in [-0.2, -0.15) is 0 Å². The van der Waals surface area contributed by atoms with Gasteiger partial charge in [-0.1, -0.05) is 6.07 Å². The van der Waals surface area contributed by atoms with Crippen LogP contribution in [0.5, 0.6) is 5.75 Å². The van der Waals surface area contributed by atoms with Crippen LogP contribution in [0.1, 0.15) is 56.3 Å². The number of rotatable bonds is 6. The number of amides is 3. The summed E-state index contributed by atoms with van der Waals surface area (Å²) in [7, 11) is 0. The Morgan fingerprint density at radius 1 is 1.17 bits per heavy atom. The van der Waals surface area contributed by atoms with E-state index in [1.54, 1.807) is 17.0 Å². The van der Waals surface area contributed by atoms with Crippen molar-refractivity contribution in [2.45, 2.75) is 52.0 Å². The van der Waals surface area contributed by atoms with Gasteiger partial charge in [0.1, 0.15) is 5.75 Å². The summed E-state index contributed by atoms with van der Waals surface area (Å²) in [5, 5.41) is 3.11. The minimum absolute atomic E-state index is 0.0767. The van der Waals surface area contributed by atoms with Crippen LogP contribution in [0.15, 0.2) is 24.3 Å². The summed E-state index contributed by atoms with van der Waals surface area (Å²) in [6.45, 7) is 6.78. The lowest BCUT2D eigenvalue weighted by Crippen LogP contribution is -2.50. The summed E-state index contributed by atoms with van der Waals surface area (Å²) < 4.78 is 5.49. The molecule has 164 valence electrons. The molecule has 1 N–H and O–H groups in total. The van der Waals surface area contributed by atoms with E-state index in [9.17, 15) is 14.4 Å². The number of nitrogens with zero attached hydrogens (tertiary/aromatic N) is 2. The molecule has 0 spiro atoms. The van der Waals surface area contributed by atoms with Gasteiger partial charge in [0, 0.05) is 44.2 Å². The van der Waals surface area contributed by atoms with Crippen molar-refractivity contribution in [3.05, 3.63) is 29.8 Å². The van der Waals surface area contributed by atoms with Crippen molar-refractivity contribution in [3.63, 3.8) is 0 Å². The highest BCUT2D eigenvalue weighted by Gasteiger charge is 2.33. The zero-order valence-electron chi connectivity index (χ0n) is 18.1. The third kappa shape index (κ3) is 5.52. The first-order valence-electron chi connectivity index (χ1n) is 11.1. The molecule has 0 bridgehead atoms. The van der Waals surface area contributed by atoms with Crippen molar-refractivity contribution in [1.29, 1.82) is 0 Å². The molecule has 0 saturated carbocycles. The van der Waals surface area contributed by atoms with Gasteiger partial charge in [-0.3, -0.25) is 14.4 Å². The van der Waals surface area contributed by atoms with E-state index in [4.69, 9.17) is 4.74 Å². The fraction of sp³-hybridized carbons (Fsp3) is 0.609. The van der Waals surface area contributed by atoms with E-state index in [1.165, 1.54) is 0 Å². The first-order valence-corrected chi connectivity index (χ1v) is 11.1. The molecule has 2 unspecified atom stereocenters. The molecule has 2 aliphatic rings. The SMILES string of the molecule is CCOc1cccc(C(=O)NC2CCCCN(C(=O)C3CCC(=O)N(CC)C3)C2)c1.